The third-order valence-electron chi connectivity index (χ3n) is 5.84. The van der Waals surface area contributed by atoms with E-state index in [1.807, 2.05) is 0 Å². The molecule has 0 radical (unpaired) electrons. The second-order valence-corrected chi connectivity index (χ2v) is 10.2. The number of nitro groups is 2. The third-order valence-corrected chi connectivity index (χ3v) is 7.12. The van der Waals surface area contributed by atoms with Crippen LogP contribution in [0.4, 0.5) is 11.4 Å². The zero-order chi connectivity index (χ0) is 30.5. The van der Waals surface area contributed by atoms with Gasteiger partial charge in [-0.3, -0.25) is 20.2 Å². The fourth-order valence-electron chi connectivity index (χ4n) is 4.00. The first-order valence-electron chi connectivity index (χ1n) is 11.4. The van der Waals surface area contributed by atoms with E-state index in [9.17, 15) is 38.5 Å². The highest BCUT2D eigenvalue weighted by Gasteiger charge is 2.30. The van der Waals surface area contributed by atoms with Crippen LogP contribution in [-0.4, -0.2) is 57.8 Å². The molecule has 0 aliphatic rings. The van der Waals surface area contributed by atoms with Gasteiger partial charge in [-0.25, -0.2) is 13.2 Å². The Morgan fingerprint density at radius 1 is 0.878 bits per heavy atom. The van der Waals surface area contributed by atoms with Gasteiger partial charge >= 0.3 is 5.97 Å². The number of ether oxygens (including phenoxy) is 4. The lowest BCUT2D eigenvalue weighted by Crippen LogP contribution is -2.07. The van der Waals surface area contributed by atoms with E-state index >= 15 is 0 Å². The van der Waals surface area contributed by atoms with Crippen LogP contribution >= 0.6 is 0 Å². The Balaban J connectivity index is 2.13. The van der Waals surface area contributed by atoms with Crippen LogP contribution in [0, 0.1) is 20.2 Å². The fourth-order valence-corrected chi connectivity index (χ4v) is 5.09. The first-order chi connectivity index (χ1) is 19.3. The molecule has 0 fully saturated rings. The van der Waals surface area contributed by atoms with Crippen LogP contribution in [0.1, 0.15) is 21.5 Å². The molecule has 1 N–H and O–H groups in total. The number of nitrogens with zero attached hydrogens (tertiary/aromatic N) is 2. The summed E-state index contributed by atoms with van der Waals surface area (Å²) >= 11 is 0. The lowest BCUT2D eigenvalue weighted by Gasteiger charge is -2.14. The zero-order valence-corrected chi connectivity index (χ0v) is 23.0. The molecule has 0 unspecified atom stereocenters. The average Bonchev–Trinajstić information content (AvgIpc) is 2.94. The Hall–Kier alpha value is -5.18. The maximum absolute atomic E-state index is 13.1. The Morgan fingerprint density at radius 3 is 1.98 bits per heavy atom. The van der Waals surface area contributed by atoms with Crippen LogP contribution in [0.3, 0.4) is 0 Å². The van der Waals surface area contributed by atoms with Crippen LogP contribution in [0.15, 0.2) is 47.9 Å². The van der Waals surface area contributed by atoms with E-state index in [2.05, 4.69) is 0 Å². The molecule has 15 heteroatoms. The Bertz CT molecular complexity index is 1600. The van der Waals surface area contributed by atoms with Crippen molar-refractivity contribution in [3.05, 3.63) is 84.8 Å². The maximum Gasteiger partial charge on any atom is 0.336 e. The molecule has 41 heavy (non-hydrogen) atoms. The molecular weight excluding hydrogens is 564 g/mol. The first-order valence-corrected chi connectivity index (χ1v) is 13.2. The van der Waals surface area contributed by atoms with Crippen molar-refractivity contribution in [3.8, 4) is 34.1 Å². The highest BCUT2D eigenvalue weighted by atomic mass is 32.2. The van der Waals surface area contributed by atoms with E-state index in [1.54, 1.807) is 12.1 Å². The summed E-state index contributed by atoms with van der Waals surface area (Å²) < 4.78 is 47.2. The zero-order valence-electron chi connectivity index (χ0n) is 22.1. The number of benzene rings is 3. The topological polar surface area (TPSA) is 195 Å². The predicted molar refractivity (Wildman–Crippen MR) is 146 cm³/mol. The quantitative estimate of drug-likeness (QED) is 0.230. The number of carboxylic acids is 1. The molecule has 3 aromatic rings. The largest absolute Gasteiger partial charge is 0.496 e. The molecule has 0 aliphatic heterocycles. The average molecular weight is 589 g/mol. The van der Waals surface area contributed by atoms with E-state index in [1.165, 1.54) is 52.7 Å². The van der Waals surface area contributed by atoms with Crippen LogP contribution < -0.4 is 18.9 Å². The molecule has 0 saturated carbocycles. The minimum Gasteiger partial charge on any atom is -0.496 e. The van der Waals surface area contributed by atoms with Gasteiger partial charge in [0.1, 0.15) is 23.0 Å². The molecule has 3 rings (SSSR count). The summed E-state index contributed by atoms with van der Waals surface area (Å²) in [5.41, 5.74) is -2.57. The molecule has 216 valence electrons. The number of non-ortho nitro benzene ring substituents is 1. The van der Waals surface area contributed by atoms with Gasteiger partial charge in [0.05, 0.1) is 66.8 Å². The minimum atomic E-state index is -3.99. The summed E-state index contributed by atoms with van der Waals surface area (Å²) in [7, 11) is 1.46. The van der Waals surface area contributed by atoms with Crippen molar-refractivity contribution in [2.24, 2.45) is 0 Å². The molecule has 3 aromatic carbocycles. The van der Waals surface area contributed by atoms with Crippen molar-refractivity contribution in [2.45, 2.75) is 5.75 Å². The third kappa shape index (κ3) is 6.70. The molecule has 0 bridgehead atoms. The predicted octanol–water partition coefficient (Wildman–Crippen LogP) is 4.49. The number of rotatable bonds is 12. The van der Waals surface area contributed by atoms with Gasteiger partial charge in [-0.2, -0.15) is 0 Å². The Kier molecular flexibility index (Phi) is 9.14. The molecule has 14 nitrogen and oxygen atoms in total. The van der Waals surface area contributed by atoms with Gasteiger partial charge in [-0.1, -0.05) is 6.07 Å². The second-order valence-electron chi connectivity index (χ2n) is 8.30. The van der Waals surface area contributed by atoms with Gasteiger partial charge < -0.3 is 24.1 Å². The number of hydrogen-bond acceptors (Lipinski definition) is 11. The molecule has 0 amide bonds. The van der Waals surface area contributed by atoms with Crippen molar-refractivity contribution in [2.75, 3.05) is 28.4 Å². The van der Waals surface area contributed by atoms with Gasteiger partial charge in [-0.15, -0.1) is 0 Å². The Labute approximate surface area is 233 Å². The number of aromatic carboxylic acids is 1. The van der Waals surface area contributed by atoms with E-state index in [-0.39, 0.29) is 28.4 Å². The van der Waals surface area contributed by atoms with E-state index in [4.69, 9.17) is 18.9 Å². The lowest BCUT2D eigenvalue weighted by molar-refractivity contribution is -0.393. The van der Waals surface area contributed by atoms with Crippen molar-refractivity contribution < 1.29 is 47.1 Å². The fraction of sp³-hybridized carbons (Fsp3) is 0.192. The first kappa shape index (κ1) is 30.4. The summed E-state index contributed by atoms with van der Waals surface area (Å²) in [6, 6.07) is 8.33. The van der Waals surface area contributed by atoms with Crippen molar-refractivity contribution in [3.63, 3.8) is 0 Å². The van der Waals surface area contributed by atoms with Gasteiger partial charge in [0, 0.05) is 29.2 Å². The molecule has 0 saturated heterocycles. The number of carbonyl (C=O) groups is 1. The summed E-state index contributed by atoms with van der Waals surface area (Å²) in [6.45, 7) is 0. The van der Waals surface area contributed by atoms with E-state index < -0.39 is 53.9 Å². The summed E-state index contributed by atoms with van der Waals surface area (Å²) in [5.74, 6) is -1.29. The number of hydrogen-bond donors (Lipinski definition) is 1. The summed E-state index contributed by atoms with van der Waals surface area (Å²) in [4.78, 5) is 33.2. The number of carboxylic acid groups (broad SMARTS) is 1. The minimum absolute atomic E-state index is 0.0196. The molecular formula is C26H24N2O12S. The van der Waals surface area contributed by atoms with Crippen LogP contribution in [-0.2, 0) is 15.6 Å². The van der Waals surface area contributed by atoms with Crippen molar-refractivity contribution in [1.82, 2.24) is 0 Å². The number of methoxy groups -OCH3 is 4. The van der Waals surface area contributed by atoms with Gasteiger partial charge in [-0.05, 0) is 23.8 Å². The number of nitro benzene ring substituents is 2. The summed E-state index contributed by atoms with van der Waals surface area (Å²) in [5, 5.41) is 33.8. The Morgan fingerprint density at radius 2 is 1.49 bits per heavy atom. The normalized spacial score (nSPS) is 11.2. The number of sulfone groups is 1. The highest BCUT2D eigenvalue weighted by Crippen LogP contribution is 2.42. The molecule has 0 aliphatic carbocycles. The van der Waals surface area contributed by atoms with Gasteiger partial charge in [0.15, 0.2) is 9.84 Å². The second kappa shape index (κ2) is 12.3. The smallest absolute Gasteiger partial charge is 0.336 e. The molecule has 0 heterocycles. The van der Waals surface area contributed by atoms with Crippen LogP contribution in [0.2, 0.25) is 0 Å². The van der Waals surface area contributed by atoms with Crippen LogP contribution in [0.5, 0.6) is 23.0 Å². The lowest BCUT2D eigenvalue weighted by atomic mass is 9.95. The standard InChI is InChI=1S/C26H24N2O12S/c1-37-17-12-23(39-3)18(24(13-17)40-4)7-8-41(35,36)14-15-5-6-22(38-2)19(9-15)25-20(26(29)30)10-16(27(31)32)11-21(25)28(33)34/h5-13H,14H2,1-4H3,(H,29,30)/b8-7+. The summed E-state index contributed by atoms with van der Waals surface area (Å²) in [6.07, 6.45) is 1.28. The monoisotopic (exact) mass is 588 g/mol. The molecule has 0 aromatic heterocycles. The van der Waals surface area contributed by atoms with Gasteiger partial charge in [0.25, 0.3) is 11.4 Å². The van der Waals surface area contributed by atoms with Gasteiger partial charge in [0.2, 0.25) is 0 Å². The van der Waals surface area contributed by atoms with Crippen LogP contribution in [0.25, 0.3) is 17.2 Å². The maximum atomic E-state index is 13.1. The van der Waals surface area contributed by atoms with E-state index in [0.717, 1.165) is 5.41 Å². The van der Waals surface area contributed by atoms with Crippen molar-refractivity contribution >= 4 is 33.3 Å². The van der Waals surface area contributed by atoms with Crippen molar-refractivity contribution in [1.29, 1.82) is 0 Å². The van der Waals surface area contributed by atoms with E-state index in [0.29, 0.717) is 23.4 Å². The molecule has 0 atom stereocenters. The molecule has 0 spiro atoms. The SMILES string of the molecule is COc1cc(OC)c(/C=C/S(=O)(=O)Cc2ccc(OC)c(-c3c(C(=O)O)cc([N+](=O)[O-])cc3[N+](=O)[O-])c2)c(OC)c1. The highest BCUT2D eigenvalue weighted by molar-refractivity contribution is 7.93.